The van der Waals surface area contributed by atoms with Crippen molar-refractivity contribution < 1.29 is 0 Å². The molecule has 0 unspecified atom stereocenters. The van der Waals surface area contributed by atoms with E-state index < -0.39 is 0 Å². The Kier molecular flexibility index (Phi) is 8.88. The van der Waals surface area contributed by atoms with Crippen LogP contribution in [0, 0.1) is 0 Å². The molecule has 9 rings (SSSR count). The van der Waals surface area contributed by atoms with Crippen LogP contribution in [0.3, 0.4) is 0 Å². The summed E-state index contributed by atoms with van der Waals surface area (Å²) < 4.78 is 2.30. The highest BCUT2D eigenvalue weighted by Gasteiger charge is 2.38. The summed E-state index contributed by atoms with van der Waals surface area (Å²) in [6, 6.07) is 46.9. The number of hydrogen-bond acceptors (Lipinski definition) is 3. The third-order valence-electron chi connectivity index (χ3n) is 10.6. The lowest BCUT2D eigenvalue weighted by Gasteiger charge is -2.24. The normalized spacial score (nSPS) is 14.1. The first-order valence-corrected chi connectivity index (χ1v) is 19.9. The molecular formula is C49H38N4S2. The van der Waals surface area contributed by atoms with Crippen LogP contribution in [0.1, 0.15) is 52.9 Å². The van der Waals surface area contributed by atoms with Gasteiger partial charge in [-0.3, -0.25) is 4.99 Å². The molecule has 6 heteroatoms. The monoisotopic (exact) mass is 746 g/mol. The van der Waals surface area contributed by atoms with Crippen molar-refractivity contribution in [2.45, 2.75) is 45.4 Å². The van der Waals surface area contributed by atoms with Crippen LogP contribution in [-0.4, -0.2) is 23.0 Å². The van der Waals surface area contributed by atoms with E-state index in [1.165, 1.54) is 41.8 Å². The van der Waals surface area contributed by atoms with Gasteiger partial charge in [0.15, 0.2) is 11.7 Å². The molecule has 1 aromatic heterocycles. The molecule has 7 aromatic rings. The van der Waals surface area contributed by atoms with Crippen molar-refractivity contribution in [2.24, 2.45) is 15.0 Å². The fraction of sp³-hybridized carbons (Fsp3) is 0.0816. The summed E-state index contributed by atoms with van der Waals surface area (Å²) in [5, 5.41) is 1.15. The lowest BCUT2D eigenvalue weighted by Crippen LogP contribution is -2.15. The molecule has 1 aliphatic heterocycles. The first-order chi connectivity index (χ1) is 26.9. The second-order valence-electron chi connectivity index (χ2n) is 14.2. The van der Waals surface area contributed by atoms with E-state index in [4.69, 9.17) is 9.98 Å². The highest BCUT2D eigenvalue weighted by Crippen LogP contribution is 2.56. The molecular weight excluding hydrogens is 709 g/mol. The Bertz CT molecular complexity index is 2750. The van der Waals surface area contributed by atoms with Gasteiger partial charge < -0.3 is 4.57 Å². The van der Waals surface area contributed by atoms with Gasteiger partial charge in [0.1, 0.15) is 0 Å². The lowest BCUT2D eigenvalue weighted by atomic mass is 9.82. The molecule has 6 aromatic carbocycles. The molecule has 0 N–H and O–H groups in total. The predicted octanol–water partition coefficient (Wildman–Crippen LogP) is 12.9. The molecule has 0 atom stereocenters. The smallest absolute Gasteiger partial charge is 0.161 e. The van der Waals surface area contributed by atoms with Gasteiger partial charge in [-0.15, -0.1) is 0 Å². The number of amidine groups is 2. The molecule has 4 nitrogen and oxygen atoms in total. The Labute approximate surface area is 330 Å². The minimum absolute atomic E-state index is 0.178. The molecule has 0 bridgehead atoms. The lowest BCUT2D eigenvalue weighted by molar-refractivity contribution is 0.658. The molecule has 0 saturated carbocycles. The summed E-state index contributed by atoms with van der Waals surface area (Å²) in [4.78, 5) is 19.7. The molecule has 0 spiro atoms. The first-order valence-electron chi connectivity index (χ1n) is 18.3. The van der Waals surface area contributed by atoms with Crippen LogP contribution in [-0.2, 0) is 12.0 Å². The van der Waals surface area contributed by atoms with Crippen LogP contribution in [0.25, 0.3) is 39.9 Å². The summed E-state index contributed by atoms with van der Waals surface area (Å²) in [5.41, 5.74) is 12.0. The number of nitrogens with zero attached hydrogens (tertiary/aromatic N) is 4. The fourth-order valence-corrected chi connectivity index (χ4v) is 10.2. The summed E-state index contributed by atoms with van der Waals surface area (Å²) >= 11 is 3.74. The maximum Gasteiger partial charge on any atom is 0.161 e. The van der Waals surface area contributed by atoms with E-state index in [0.29, 0.717) is 18.2 Å². The van der Waals surface area contributed by atoms with Crippen molar-refractivity contribution in [2.75, 3.05) is 0 Å². The third kappa shape index (κ3) is 6.02. The summed E-state index contributed by atoms with van der Waals surface area (Å²) in [5.74, 6) is 1.10. The highest BCUT2D eigenvalue weighted by molar-refractivity contribution is 8.05. The van der Waals surface area contributed by atoms with E-state index in [-0.39, 0.29) is 5.41 Å². The van der Waals surface area contributed by atoms with Gasteiger partial charge in [0.2, 0.25) is 0 Å². The van der Waals surface area contributed by atoms with Gasteiger partial charge in [-0.2, -0.15) is 0 Å². The van der Waals surface area contributed by atoms with Crippen LogP contribution in [0.15, 0.2) is 181 Å². The van der Waals surface area contributed by atoms with Crippen molar-refractivity contribution in [1.82, 2.24) is 4.57 Å². The Hall–Kier alpha value is -5.95. The average molecular weight is 747 g/mol. The SMILES string of the molecule is C=Cc1c(C=C)n(-c2cccc(C(=NCc3ccccc3)N=C(N=C)c3ccccc3)c2)c2cc3c(cc12)C(C)(C)c1cc2c(cc1-3)Sc1ccccc1S2. The maximum absolute atomic E-state index is 5.07. The Morgan fingerprint density at radius 3 is 1.98 bits per heavy atom. The van der Waals surface area contributed by atoms with Gasteiger partial charge in [0.05, 0.1) is 17.8 Å². The van der Waals surface area contributed by atoms with E-state index in [9.17, 15) is 0 Å². The maximum atomic E-state index is 5.07. The fourth-order valence-electron chi connectivity index (χ4n) is 7.87. The zero-order chi connectivity index (χ0) is 37.7. The molecule has 0 fully saturated rings. The summed E-state index contributed by atoms with van der Waals surface area (Å²) in [6.45, 7) is 17.6. The molecule has 0 amide bonds. The first kappa shape index (κ1) is 34.8. The van der Waals surface area contributed by atoms with Gasteiger partial charge in [0.25, 0.3) is 0 Å². The van der Waals surface area contributed by atoms with Gasteiger partial charge in [-0.25, -0.2) is 9.98 Å². The van der Waals surface area contributed by atoms with Crippen LogP contribution in [0.2, 0.25) is 0 Å². The topological polar surface area (TPSA) is 42.0 Å². The number of aromatic nitrogens is 1. The molecule has 0 radical (unpaired) electrons. The van der Waals surface area contributed by atoms with Gasteiger partial charge in [-0.05, 0) is 89.1 Å². The summed E-state index contributed by atoms with van der Waals surface area (Å²) in [7, 11) is 0. The Balaban J connectivity index is 1.21. The number of hydrogen-bond donors (Lipinski definition) is 0. The van der Waals surface area contributed by atoms with Crippen molar-refractivity contribution in [3.8, 4) is 16.8 Å². The number of aliphatic imine (C=N–C) groups is 3. The predicted molar refractivity (Wildman–Crippen MR) is 235 cm³/mol. The largest absolute Gasteiger partial charge is 0.309 e. The minimum Gasteiger partial charge on any atom is -0.309 e. The second kappa shape index (κ2) is 14.0. The molecule has 0 saturated heterocycles. The van der Waals surface area contributed by atoms with Crippen LogP contribution in [0.4, 0.5) is 0 Å². The van der Waals surface area contributed by atoms with Gasteiger partial charge in [0, 0.05) is 52.8 Å². The minimum atomic E-state index is -0.178. The Morgan fingerprint density at radius 2 is 1.29 bits per heavy atom. The molecule has 1 aliphatic carbocycles. The standard InChI is InChI=1S/C49H38N4S2/c1-6-35-38-26-39-36(37-28-45-46(29-40(37)49(39,3)4)55-44-24-15-14-23-43(44)54-45)27-42(38)53(41(35)7-2)34-22-16-21-33(25-34)48(51-30-31-17-10-8-11-18-31)52-47(50-5)32-19-12-9-13-20-32/h6-29H,1-2,5,30H2,3-4H3. The number of benzene rings is 6. The Morgan fingerprint density at radius 1 is 0.655 bits per heavy atom. The zero-order valence-electron chi connectivity index (χ0n) is 30.8. The highest BCUT2D eigenvalue weighted by atomic mass is 32.2. The van der Waals surface area contributed by atoms with E-state index in [1.54, 1.807) is 0 Å². The molecule has 2 aliphatic rings. The van der Waals surface area contributed by atoms with E-state index in [0.717, 1.165) is 44.5 Å². The average Bonchev–Trinajstić information content (AvgIpc) is 3.65. The summed E-state index contributed by atoms with van der Waals surface area (Å²) in [6.07, 6.45) is 3.90. The van der Waals surface area contributed by atoms with Crippen molar-refractivity contribution in [1.29, 1.82) is 0 Å². The molecule has 55 heavy (non-hydrogen) atoms. The van der Waals surface area contributed by atoms with Crippen molar-refractivity contribution in [3.63, 3.8) is 0 Å². The molecule has 2 heterocycles. The van der Waals surface area contributed by atoms with Gasteiger partial charge in [-0.1, -0.05) is 142 Å². The van der Waals surface area contributed by atoms with E-state index in [1.807, 2.05) is 84.2 Å². The van der Waals surface area contributed by atoms with Crippen LogP contribution >= 0.6 is 23.5 Å². The number of rotatable bonds is 7. The van der Waals surface area contributed by atoms with Gasteiger partial charge >= 0.3 is 0 Å². The number of fused-ring (bicyclic) bond motifs is 6. The second-order valence-corrected chi connectivity index (χ2v) is 16.4. The van der Waals surface area contributed by atoms with Crippen molar-refractivity contribution >= 4 is 65.0 Å². The van der Waals surface area contributed by atoms with E-state index >= 15 is 0 Å². The van der Waals surface area contributed by atoms with E-state index in [2.05, 4.69) is 128 Å². The van der Waals surface area contributed by atoms with Crippen LogP contribution in [0.5, 0.6) is 0 Å². The third-order valence-corrected chi connectivity index (χ3v) is 13.1. The van der Waals surface area contributed by atoms with Crippen LogP contribution < -0.4 is 0 Å². The molecule has 266 valence electrons. The van der Waals surface area contributed by atoms with Crippen molar-refractivity contribution in [3.05, 3.63) is 186 Å². The quantitative estimate of drug-likeness (QED) is 0.120. The zero-order valence-corrected chi connectivity index (χ0v) is 32.4.